The number of phenols is 1. The summed E-state index contributed by atoms with van der Waals surface area (Å²) < 4.78 is 2.19. The zero-order valence-corrected chi connectivity index (χ0v) is 24.3. The van der Waals surface area contributed by atoms with E-state index in [1.807, 2.05) is 48.7 Å². The molecule has 0 saturated carbocycles. The average Bonchev–Trinajstić information content (AvgIpc) is 3.31. The average molecular weight is 700 g/mol. The Morgan fingerprint density at radius 2 is 1.52 bits per heavy atom. The second-order valence-electron chi connectivity index (χ2n) is 10.4. The number of benzene rings is 4. The van der Waals surface area contributed by atoms with Gasteiger partial charge < -0.3 is 9.67 Å². The zero-order chi connectivity index (χ0) is 26.6. The van der Waals surface area contributed by atoms with E-state index >= 15 is 0 Å². The normalized spacial score (nSPS) is 11.7. The number of fused-ring (bicyclic) bond motifs is 4. The maximum absolute atomic E-state index is 10.4. The minimum atomic E-state index is -0.448. The van der Waals surface area contributed by atoms with Crippen LogP contribution in [0.1, 0.15) is 25.1 Å². The molecule has 0 aliphatic rings. The summed E-state index contributed by atoms with van der Waals surface area (Å²) in [6.45, 7) is 4.30. The zero-order valence-electron chi connectivity index (χ0n) is 22.1. The van der Waals surface area contributed by atoms with E-state index in [4.69, 9.17) is 9.97 Å². The summed E-state index contributed by atoms with van der Waals surface area (Å²) in [7, 11) is 0. The number of phenolic OH excluding ortho intramolecular Hbond substituents is 1. The Kier molecular flexibility index (Phi) is 6.52. The van der Waals surface area contributed by atoms with Gasteiger partial charge in [-0.2, -0.15) is 18.2 Å². The quantitative estimate of drug-likeness (QED) is 0.189. The maximum atomic E-state index is 10.4. The summed E-state index contributed by atoms with van der Waals surface area (Å²) in [4.78, 5) is 9.77. The van der Waals surface area contributed by atoms with E-state index in [1.165, 1.54) is 0 Å². The Bertz CT molecular complexity index is 1990. The summed E-state index contributed by atoms with van der Waals surface area (Å²) in [5.74, 6) is 1.04. The van der Waals surface area contributed by atoms with Crippen molar-refractivity contribution in [3.8, 4) is 22.7 Å². The van der Waals surface area contributed by atoms with Gasteiger partial charge in [-0.05, 0) is 41.3 Å². The van der Waals surface area contributed by atoms with E-state index in [9.17, 15) is 5.11 Å². The molecule has 5 heteroatoms. The van der Waals surface area contributed by atoms with Crippen molar-refractivity contribution < 1.29 is 26.2 Å². The number of hydrogen-bond acceptors (Lipinski definition) is 3. The van der Waals surface area contributed by atoms with Gasteiger partial charge in [0.15, 0.2) is 0 Å². The topological polar surface area (TPSA) is 50.9 Å². The van der Waals surface area contributed by atoms with Crippen molar-refractivity contribution in [3.05, 3.63) is 133 Å². The largest absolute Gasteiger partial charge is 0.506 e. The number of aromatic hydroxyl groups is 1. The molecule has 7 rings (SSSR count). The van der Waals surface area contributed by atoms with Crippen LogP contribution in [0.2, 0.25) is 0 Å². The van der Waals surface area contributed by atoms with Crippen molar-refractivity contribution in [2.45, 2.75) is 19.3 Å². The molecule has 1 N–H and O–H groups in total. The molecule has 0 bridgehead atoms. The van der Waals surface area contributed by atoms with Gasteiger partial charge in [0.1, 0.15) is 17.1 Å². The van der Waals surface area contributed by atoms with E-state index in [-0.39, 0.29) is 26.8 Å². The fourth-order valence-corrected chi connectivity index (χ4v) is 5.43. The van der Waals surface area contributed by atoms with Crippen LogP contribution in [0.5, 0.6) is 5.75 Å². The van der Waals surface area contributed by atoms with Crippen LogP contribution in [0.25, 0.3) is 49.7 Å². The van der Waals surface area contributed by atoms with Crippen LogP contribution in [-0.2, 0) is 26.5 Å². The molecule has 40 heavy (non-hydrogen) atoms. The maximum Gasteiger partial charge on any atom is 0.141 e. The Labute approximate surface area is 247 Å². The van der Waals surface area contributed by atoms with Gasteiger partial charge in [-0.25, -0.2) is 9.97 Å². The first kappa shape index (κ1) is 26.0. The van der Waals surface area contributed by atoms with Gasteiger partial charge in [0.25, 0.3) is 0 Å². The van der Waals surface area contributed by atoms with Crippen molar-refractivity contribution >= 4 is 32.7 Å². The summed E-state index contributed by atoms with van der Waals surface area (Å²) in [5.41, 5.74) is 6.34. The Morgan fingerprint density at radius 3 is 2.33 bits per heavy atom. The third-order valence-corrected chi connectivity index (χ3v) is 7.68. The third kappa shape index (κ3) is 4.20. The number of aromatic nitrogens is 3. The van der Waals surface area contributed by atoms with Crippen LogP contribution in [0.4, 0.5) is 0 Å². The van der Waals surface area contributed by atoms with E-state index in [0.29, 0.717) is 5.52 Å². The second-order valence-corrected chi connectivity index (χ2v) is 10.4. The predicted molar refractivity (Wildman–Crippen MR) is 158 cm³/mol. The molecule has 198 valence electrons. The number of rotatable bonds is 4. The molecule has 0 amide bonds. The molecule has 0 fully saturated rings. The Hall–Kier alpha value is -4.27. The van der Waals surface area contributed by atoms with Gasteiger partial charge in [-0.15, -0.1) is 10.9 Å². The van der Waals surface area contributed by atoms with Gasteiger partial charge in [0.2, 0.25) is 0 Å². The predicted octanol–water partition coefficient (Wildman–Crippen LogP) is 8.22. The number of para-hydroxylation sites is 2. The molecule has 3 aromatic heterocycles. The minimum Gasteiger partial charge on any atom is -0.506 e. The van der Waals surface area contributed by atoms with Crippen molar-refractivity contribution in [1.82, 2.24) is 14.5 Å². The van der Waals surface area contributed by atoms with Crippen molar-refractivity contribution in [1.29, 1.82) is 0 Å². The molecule has 0 spiro atoms. The van der Waals surface area contributed by atoms with Crippen LogP contribution < -0.4 is 0 Å². The molecule has 0 aliphatic carbocycles. The van der Waals surface area contributed by atoms with Crippen LogP contribution in [-0.4, -0.2) is 19.6 Å². The third-order valence-electron chi connectivity index (χ3n) is 7.68. The molecular weight excluding hydrogens is 673 g/mol. The van der Waals surface area contributed by atoms with E-state index in [2.05, 4.69) is 85.1 Å². The summed E-state index contributed by atoms with van der Waals surface area (Å²) >= 11 is 0. The first-order chi connectivity index (χ1) is 19.0. The van der Waals surface area contributed by atoms with Crippen molar-refractivity contribution in [2.75, 3.05) is 0 Å². The monoisotopic (exact) mass is 699 g/mol. The van der Waals surface area contributed by atoms with Crippen molar-refractivity contribution in [3.63, 3.8) is 0 Å². The Morgan fingerprint density at radius 1 is 0.725 bits per heavy atom. The SMILES string of the molecule is CC(C)(c1[c-]c2c(cc1)c1ccccc1n2-c1ccc(-c2ccccc2)cn1)c1ccc2cccc(O)c2n1.[Pt]. The molecule has 0 saturated heterocycles. The van der Waals surface area contributed by atoms with E-state index in [1.54, 1.807) is 6.07 Å². The summed E-state index contributed by atoms with van der Waals surface area (Å²) in [6.07, 6.45) is 1.94. The number of nitrogens with zero attached hydrogens (tertiary/aromatic N) is 3. The first-order valence-electron chi connectivity index (χ1n) is 13.1. The van der Waals surface area contributed by atoms with Crippen LogP contribution >= 0.6 is 0 Å². The molecule has 4 aromatic carbocycles. The smallest absolute Gasteiger partial charge is 0.141 e. The van der Waals surface area contributed by atoms with Gasteiger partial charge in [-0.1, -0.05) is 86.1 Å². The molecule has 0 radical (unpaired) electrons. The van der Waals surface area contributed by atoms with Gasteiger partial charge in [0.05, 0.1) is 0 Å². The van der Waals surface area contributed by atoms with Crippen molar-refractivity contribution in [2.24, 2.45) is 0 Å². The molecular formula is C35H26N3OPt-. The number of pyridine rings is 2. The second kappa shape index (κ2) is 10.0. The molecule has 0 atom stereocenters. The van der Waals surface area contributed by atoms with Gasteiger partial charge >= 0.3 is 0 Å². The first-order valence-corrected chi connectivity index (χ1v) is 13.1. The van der Waals surface area contributed by atoms with Gasteiger partial charge in [0, 0.05) is 54.8 Å². The fourth-order valence-electron chi connectivity index (χ4n) is 5.43. The van der Waals surface area contributed by atoms with E-state index < -0.39 is 5.41 Å². The van der Waals surface area contributed by atoms with Gasteiger partial charge in [-0.3, -0.25) is 0 Å². The summed E-state index contributed by atoms with van der Waals surface area (Å²) in [6, 6.07) is 40.5. The van der Waals surface area contributed by atoms with Crippen LogP contribution in [0.3, 0.4) is 0 Å². The molecule has 4 nitrogen and oxygen atoms in total. The van der Waals surface area contributed by atoms with Crippen LogP contribution in [0.15, 0.2) is 115 Å². The molecule has 0 aliphatic heterocycles. The number of hydrogen-bond donors (Lipinski definition) is 1. The standard InChI is InChI=1S/C35H26N3O.Pt/c1-35(2,32-19-15-24-11-8-14-31(39)34(24)37-32)26-17-18-28-27-12-6-7-13-29(27)38(30(28)21-26)33-20-16-25(22-36-33)23-9-4-3-5-10-23;/h3-20,22,39H,1-2H3;/q-1;. The minimum absolute atomic E-state index is 0. The molecule has 0 unspecified atom stereocenters. The fraction of sp³-hybridized carbons (Fsp3) is 0.0857. The van der Waals surface area contributed by atoms with E-state index in [0.717, 1.165) is 55.4 Å². The van der Waals surface area contributed by atoms with Crippen LogP contribution in [0, 0.1) is 6.07 Å². The Balaban J connectivity index is 0.00000289. The molecule has 3 heterocycles. The molecule has 7 aromatic rings. The summed E-state index contributed by atoms with van der Waals surface area (Å²) in [5, 5.41) is 13.6.